The molecule has 98 valence electrons. The van der Waals surface area contributed by atoms with Crippen molar-refractivity contribution in [3.05, 3.63) is 34.3 Å². The highest BCUT2D eigenvalue weighted by Gasteiger charge is 2.38. The lowest BCUT2D eigenvalue weighted by molar-refractivity contribution is -0.192. The quantitative estimate of drug-likeness (QED) is 0.826. The Kier molecular flexibility index (Phi) is 6.16. The summed E-state index contributed by atoms with van der Waals surface area (Å²) in [5.41, 5.74) is 6.77. The van der Waals surface area contributed by atoms with Crippen LogP contribution in [0.15, 0.2) is 18.2 Å². The summed E-state index contributed by atoms with van der Waals surface area (Å²) in [7, 11) is 0. The van der Waals surface area contributed by atoms with Gasteiger partial charge in [0.15, 0.2) is 0 Å². The molecular weight excluding hydrogens is 273 g/mol. The van der Waals surface area contributed by atoms with Gasteiger partial charge in [0.25, 0.3) is 0 Å². The number of nitriles is 1. The van der Waals surface area contributed by atoms with Crippen molar-refractivity contribution in [2.24, 2.45) is 5.73 Å². The second kappa shape index (κ2) is 6.83. The highest BCUT2D eigenvalue weighted by Crippen LogP contribution is 2.14. The number of carboxylic acids is 1. The van der Waals surface area contributed by atoms with Crippen LogP contribution in [-0.2, 0) is 11.3 Å². The van der Waals surface area contributed by atoms with Crippen molar-refractivity contribution in [2.75, 3.05) is 0 Å². The Morgan fingerprint density at radius 1 is 1.50 bits per heavy atom. The van der Waals surface area contributed by atoms with Gasteiger partial charge in [0.2, 0.25) is 0 Å². The van der Waals surface area contributed by atoms with Gasteiger partial charge < -0.3 is 10.8 Å². The lowest BCUT2D eigenvalue weighted by Gasteiger charge is -1.99. The van der Waals surface area contributed by atoms with Crippen molar-refractivity contribution < 1.29 is 23.1 Å². The van der Waals surface area contributed by atoms with Gasteiger partial charge in [-0.15, -0.1) is 0 Å². The predicted molar refractivity (Wildman–Crippen MR) is 57.7 cm³/mol. The summed E-state index contributed by atoms with van der Waals surface area (Å²) in [6.45, 7) is 0.351. The fourth-order valence-corrected chi connectivity index (χ4v) is 1.03. The molecule has 0 amide bonds. The van der Waals surface area contributed by atoms with E-state index >= 15 is 0 Å². The molecule has 1 aromatic rings. The predicted octanol–water partition coefficient (Wildman–Crippen LogP) is 2.30. The topological polar surface area (TPSA) is 87.1 Å². The minimum atomic E-state index is -5.08. The molecule has 1 rings (SSSR count). The van der Waals surface area contributed by atoms with Crippen molar-refractivity contribution in [1.29, 1.82) is 5.26 Å². The molecule has 0 heterocycles. The molecule has 0 aliphatic heterocycles. The zero-order valence-corrected chi connectivity index (χ0v) is 9.59. The van der Waals surface area contributed by atoms with E-state index in [4.69, 9.17) is 32.5 Å². The van der Waals surface area contributed by atoms with Crippen LogP contribution in [0, 0.1) is 11.3 Å². The molecule has 0 saturated heterocycles. The minimum absolute atomic E-state index is 0.351. The van der Waals surface area contributed by atoms with Gasteiger partial charge in [0.05, 0.1) is 11.6 Å². The van der Waals surface area contributed by atoms with Gasteiger partial charge in [0, 0.05) is 11.6 Å². The van der Waals surface area contributed by atoms with Crippen LogP contribution >= 0.6 is 11.6 Å². The lowest BCUT2D eigenvalue weighted by Crippen LogP contribution is -2.21. The summed E-state index contributed by atoms with van der Waals surface area (Å²) in [4.78, 5) is 8.90. The number of carboxylic acid groups (broad SMARTS) is 1. The number of hydrogen-bond donors (Lipinski definition) is 2. The van der Waals surface area contributed by atoms with Crippen LogP contribution in [0.5, 0.6) is 0 Å². The highest BCUT2D eigenvalue weighted by molar-refractivity contribution is 6.30. The van der Waals surface area contributed by atoms with Crippen molar-refractivity contribution in [1.82, 2.24) is 0 Å². The fraction of sp³-hybridized carbons (Fsp3) is 0.200. The number of aliphatic carboxylic acids is 1. The SMILES string of the molecule is N#Cc1ccc(Cl)cc1CN.O=C(O)C(F)(F)F. The number of nitrogens with two attached hydrogens (primary N) is 1. The first-order chi connectivity index (χ1) is 8.22. The highest BCUT2D eigenvalue weighted by atomic mass is 35.5. The molecule has 0 bridgehead atoms. The van der Waals surface area contributed by atoms with Gasteiger partial charge >= 0.3 is 12.1 Å². The van der Waals surface area contributed by atoms with E-state index in [1.54, 1.807) is 18.2 Å². The summed E-state index contributed by atoms with van der Waals surface area (Å²) >= 11 is 5.69. The number of halogens is 4. The minimum Gasteiger partial charge on any atom is -0.475 e. The van der Waals surface area contributed by atoms with Crippen LogP contribution in [0.3, 0.4) is 0 Å². The molecule has 0 aliphatic carbocycles. The monoisotopic (exact) mass is 280 g/mol. The first-order valence-electron chi connectivity index (χ1n) is 4.41. The maximum absolute atomic E-state index is 10.6. The molecule has 0 spiro atoms. The molecule has 0 aliphatic rings. The van der Waals surface area contributed by atoms with E-state index in [1.807, 2.05) is 6.07 Å². The molecule has 0 radical (unpaired) electrons. The average molecular weight is 281 g/mol. The van der Waals surface area contributed by atoms with Crippen LogP contribution in [0.2, 0.25) is 5.02 Å². The number of rotatable bonds is 1. The molecule has 4 nitrogen and oxygen atoms in total. The van der Waals surface area contributed by atoms with Crippen LogP contribution in [0.25, 0.3) is 0 Å². The molecule has 0 unspecified atom stereocenters. The molecular formula is C10H8ClF3N2O2. The summed E-state index contributed by atoms with van der Waals surface area (Å²) in [6.07, 6.45) is -5.08. The largest absolute Gasteiger partial charge is 0.490 e. The zero-order valence-electron chi connectivity index (χ0n) is 8.83. The smallest absolute Gasteiger partial charge is 0.475 e. The number of nitrogens with zero attached hydrogens (tertiary/aromatic N) is 1. The van der Waals surface area contributed by atoms with Gasteiger partial charge in [-0.2, -0.15) is 18.4 Å². The molecule has 0 saturated carbocycles. The van der Waals surface area contributed by atoms with Crippen molar-refractivity contribution in [2.45, 2.75) is 12.7 Å². The van der Waals surface area contributed by atoms with E-state index in [2.05, 4.69) is 0 Å². The summed E-state index contributed by atoms with van der Waals surface area (Å²) in [6, 6.07) is 7.09. The van der Waals surface area contributed by atoms with E-state index in [1.165, 1.54) is 0 Å². The molecule has 0 fully saturated rings. The Morgan fingerprint density at radius 2 is 2.00 bits per heavy atom. The Hall–Kier alpha value is -1.78. The Bertz CT molecular complexity index is 469. The van der Waals surface area contributed by atoms with Crippen LogP contribution in [0.1, 0.15) is 11.1 Å². The van der Waals surface area contributed by atoms with E-state index in [0.29, 0.717) is 17.1 Å². The van der Waals surface area contributed by atoms with Crippen molar-refractivity contribution in [3.8, 4) is 6.07 Å². The Morgan fingerprint density at radius 3 is 2.33 bits per heavy atom. The molecule has 18 heavy (non-hydrogen) atoms. The second-order valence-corrected chi connectivity index (χ2v) is 3.36. The number of hydrogen-bond acceptors (Lipinski definition) is 3. The second-order valence-electron chi connectivity index (χ2n) is 2.92. The summed E-state index contributed by atoms with van der Waals surface area (Å²) < 4.78 is 31.7. The first-order valence-corrected chi connectivity index (χ1v) is 4.79. The summed E-state index contributed by atoms with van der Waals surface area (Å²) in [5, 5.41) is 16.3. The molecule has 3 N–H and O–H groups in total. The van der Waals surface area contributed by atoms with Gasteiger partial charge in [-0.05, 0) is 23.8 Å². The molecule has 1 aromatic carbocycles. The summed E-state index contributed by atoms with van der Waals surface area (Å²) in [5.74, 6) is -2.76. The Labute approximate surface area is 105 Å². The zero-order chi connectivity index (χ0) is 14.3. The fourth-order valence-electron chi connectivity index (χ4n) is 0.840. The van der Waals surface area contributed by atoms with Crippen LogP contribution in [-0.4, -0.2) is 17.3 Å². The third-order valence-corrected chi connectivity index (χ3v) is 1.89. The van der Waals surface area contributed by atoms with E-state index in [-0.39, 0.29) is 0 Å². The van der Waals surface area contributed by atoms with E-state index in [9.17, 15) is 13.2 Å². The number of alkyl halides is 3. The third kappa shape index (κ3) is 5.52. The first kappa shape index (κ1) is 16.2. The van der Waals surface area contributed by atoms with E-state index < -0.39 is 12.1 Å². The van der Waals surface area contributed by atoms with Crippen molar-refractivity contribution >= 4 is 17.6 Å². The maximum Gasteiger partial charge on any atom is 0.490 e. The average Bonchev–Trinajstić information content (AvgIpc) is 2.28. The maximum atomic E-state index is 10.6. The van der Waals surface area contributed by atoms with Gasteiger partial charge in [0.1, 0.15) is 0 Å². The van der Waals surface area contributed by atoms with E-state index in [0.717, 1.165) is 5.56 Å². The number of benzene rings is 1. The van der Waals surface area contributed by atoms with Gasteiger partial charge in [-0.1, -0.05) is 11.6 Å². The number of carbonyl (C=O) groups is 1. The standard InChI is InChI=1S/C8H7ClN2.C2HF3O2/c9-8-2-1-6(4-10)7(3-8)5-11;3-2(4,5)1(6)7/h1-3H,5,11H2;(H,6,7). The van der Waals surface area contributed by atoms with Crippen molar-refractivity contribution in [3.63, 3.8) is 0 Å². The molecule has 0 aromatic heterocycles. The van der Waals surface area contributed by atoms with Gasteiger partial charge in [-0.3, -0.25) is 0 Å². The molecule has 8 heteroatoms. The lowest BCUT2D eigenvalue weighted by atomic mass is 10.1. The third-order valence-electron chi connectivity index (χ3n) is 1.65. The Balaban J connectivity index is 0.000000360. The molecule has 0 atom stereocenters. The van der Waals surface area contributed by atoms with Crippen LogP contribution < -0.4 is 5.73 Å². The normalized spacial score (nSPS) is 10.0. The van der Waals surface area contributed by atoms with Crippen LogP contribution in [0.4, 0.5) is 13.2 Å². The van der Waals surface area contributed by atoms with Gasteiger partial charge in [-0.25, -0.2) is 4.79 Å².